The van der Waals surface area contributed by atoms with Crippen LogP contribution in [-0.4, -0.2) is 23.3 Å². The Morgan fingerprint density at radius 2 is 2.06 bits per heavy atom. The van der Waals surface area contributed by atoms with Gasteiger partial charge in [0.05, 0.1) is 6.04 Å². The SMILES string of the molecule is C[C@H](c1ccccc1)N1CCC2C[C@H]1C2=O. The molecule has 84 valence electrons. The van der Waals surface area contributed by atoms with E-state index in [-0.39, 0.29) is 6.04 Å². The molecule has 2 saturated heterocycles. The van der Waals surface area contributed by atoms with Crippen molar-refractivity contribution >= 4 is 5.78 Å². The highest BCUT2D eigenvalue weighted by Gasteiger charge is 2.48. The van der Waals surface area contributed by atoms with Gasteiger partial charge in [-0.05, 0) is 25.3 Å². The number of carbonyl (C=O) groups excluding carboxylic acids is 1. The lowest BCUT2D eigenvalue weighted by Gasteiger charge is -2.49. The molecule has 0 radical (unpaired) electrons. The van der Waals surface area contributed by atoms with Crippen molar-refractivity contribution in [2.45, 2.75) is 31.8 Å². The molecule has 2 heterocycles. The topological polar surface area (TPSA) is 20.3 Å². The number of hydrogen-bond donors (Lipinski definition) is 0. The quantitative estimate of drug-likeness (QED) is 0.755. The highest BCUT2D eigenvalue weighted by molar-refractivity contribution is 5.92. The summed E-state index contributed by atoms with van der Waals surface area (Å²) in [6.45, 7) is 3.29. The third-order valence-corrected chi connectivity index (χ3v) is 4.15. The van der Waals surface area contributed by atoms with Crippen molar-refractivity contribution in [3.63, 3.8) is 0 Å². The van der Waals surface area contributed by atoms with E-state index in [0.29, 0.717) is 17.7 Å². The molecular weight excluding hydrogens is 198 g/mol. The van der Waals surface area contributed by atoms with Crippen molar-refractivity contribution in [1.29, 1.82) is 0 Å². The Morgan fingerprint density at radius 1 is 1.31 bits per heavy atom. The van der Waals surface area contributed by atoms with E-state index in [4.69, 9.17) is 0 Å². The maximum absolute atomic E-state index is 11.7. The standard InChI is InChI=1S/C14H17NO/c1-10(11-5-3-2-4-6-11)15-8-7-12-9-13(15)14(12)16/h2-6,10,12-13H,7-9H2,1H3/t10-,12?,13+/m1/s1. The predicted molar refractivity (Wildman–Crippen MR) is 63.1 cm³/mol. The zero-order chi connectivity index (χ0) is 11.1. The van der Waals surface area contributed by atoms with E-state index >= 15 is 0 Å². The van der Waals surface area contributed by atoms with Crippen LogP contribution in [0, 0.1) is 5.92 Å². The number of benzene rings is 1. The highest BCUT2D eigenvalue weighted by atomic mass is 16.1. The average molecular weight is 215 g/mol. The Labute approximate surface area is 96.3 Å². The molecule has 2 nitrogen and oxygen atoms in total. The van der Waals surface area contributed by atoms with Gasteiger partial charge in [-0.1, -0.05) is 30.3 Å². The largest absolute Gasteiger partial charge is 0.298 e. The minimum atomic E-state index is 0.217. The molecule has 0 spiro atoms. The number of hydrogen-bond acceptors (Lipinski definition) is 2. The number of ketones is 1. The number of rotatable bonds is 2. The van der Waals surface area contributed by atoms with Crippen LogP contribution in [0.25, 0.3) is 0 Å². The molecule has 0 amide bonds. The first-order chi connectivity index (χ1) is 7.77. The second-order valence-corrected chi connectivity index (χ2v) is 4.96. The van der Waals surface area contributed by atoms with E-state index in [1.807, 2.05) is 6.07 Å². The van der Waals surface area contributed by atoms with Crippen LogP contribution in [0.3, 0.4) is 0 Å². The molecule has 0 aromatic heterocycles. The Kier molecular flexibility index (Phi) is 2.32. The normalized spacial score (nSPS) is 30.9. The first kappa shape index (κ1) is 10.0. The highest BCUT2D eigenvalue weighted by Crippen LogP contribution is 2.40. The molecule has 3 aliphatic rings. The van der Waals surface area contributed by atoms with E-state index < -0.39 is 0 Å². The summed E-state index contributed by atoms with van der Waals surface area (Å²) in [6.07, 6.45) is 2.16. The number of nitrogens with zero attached hydrogens (tertiary/aromatic N) is 1. The minimum Gasteiger partial charge on any atom is -0.298 e. The monoisotopic (exact) mass is 215 g/mol. The van der Waals surface area contributed by atoms with Gasteiger partial charge in [-0.15, -0.1) is 0 Å². The molecule has 2 aliphatic heterocycles. The smallest absolute Gasteiger partial charge is 0.153 e. The fourth-order valence-corrected chi connectivity index (χ4v) is 3.02. The molecular formula is C14H17NO. The van der Waals surface area contributed by atoms with Crippen molar-refractivity contribution < 1.29 is 4.79 Å². The van der Waals surface area contributed by atoms with Gasteiger partial charge in [-0.2, -0.15) is 0 Å². The summed E-state index contributed by atoms with van der Waals surface area (Å²) in [6, 6.07) is 11.1. The number of carbonyl (C=O) groups is 1. The lowest BCUT2D eigenvalue weighted by molar-refractivity contribution is -0.146. The first-order valence-corrected chi connectivity index (χ1v) is 6.12. The molecule has 1 unspecified atom stereocenters. The number of fused-ring (bicyclic) bond motifs is 2. The Hall–Kier alpha value is -1.15. The van der Waals surface area contributed by atoms with Gasteiger partial charge in [-0.3, -0.25) is 9.69 Å². The van der Waals surface area contributed by atoms with Gasteiger partial charge in [0.1, 0.15) is 0 Å². The van der Waals surface area contributed by atoms with Crippen LogP contribution < -0.4 is 0 Å². The first-order valence-electron chi connectivity index (χ1n) is 6.12. The number of Topliss-reactive ketones (excluding diaryl/α,β-unsaturated/α-hetero) is 1. The summed E-state index contributed by atoms with van der Waals surface area (Å²) in [5, 5.41) is 0. The second kappa shape index (κ2) is 3.70. The van der Waals surface area contributed by atoms with E-state index in [1.54, 1.807) is 0 Å². The molecule has 3 atom stereocenters. The zero-order valence-corrected chi connectivity index (χ0v) is 9.60. The average Bonchev–Trinajstić information content (AvgIpc) is 2.38. The molecule has 4 rings (SSSR count). The van der Waals surface area contributed by atoms with Crippen LogP contribution in [0.5, 0.6) is 0 Å². The van der Waals surface area contributed by atoms with Crippen molar-refractivity contribution in [3.8, 4) is 0 Å². The van der Waals surface area contributed by atoms with Crippen LogP contribution >= 0.6 is 0 Å². The molecule has 2 heteroatoms. The van der Waals surface area contributed by atoms with Gasteiger partial charge in [0, 0.05) is 18.5 Å². The molecule has 3 fully saturated rings. The third-order valence-electron chi connectivity index (χ3n) is 4.15. The van der Waals surface area contributed by atoms with Gasteiger partial charge in [0.15, 0.2) is 5.78 Å². The predicted octanol–water partition coefficient (Wildman–Crippen LogP) is 2.41. The van der Waals surface area contributed by atoms with Crippen molar-refractivity contribution in [1.82, 2.24) is 4.90 Å². The lowest BCUT2D eigenvalue weighted by atomic mass is 9.71. The second-order valence-electron chi connectivity index (χ2n) is 4.96. The minimum absolute atomic E-state index is 0.217. The maximum Gasteiger partial charge on any atom is 0.153 e. The Morgan fingerprint density at radius 3 is 2.69 bits per heavy atom. The molecule has 0 N–H and O–H groups in total. The van der Waals surface area contributed by atoms with Gasteiger partial charge in [-0.25, -0.2) is 0 Å². The maximum atomic E-state index is 11.7. The van der Waals surface area contributed by atoms with Crippen molar-refractivity contribution in [2.75, 3.05) is 6.54 Å². The fraction of sp³-hybridized carbons (Fsp3) is 0.500. The van der Waals surface area contributed by atoms with Gasteiger partial charge in [0.25, 0.3) is 0 Å². The van der Waals surface area contributed by atoms with E-state index in [2.05, 4.69) is 36.1 Å². The Balaban J connectivity index is 1.80. The van der Waals surface area contributed by atoms with Crippen LogP contribution in [0.4, 0.5) is 0 Å². The van der Waals surface area contributed by atoms with Crippen LogP contribution in [0.2, 0.25) is 0 Å². The summed E-state index contributed by atoms with van der Waals surface area (Å²) in [5.41, 5.74) is 1.32. The summed E-state index contributed by atoms with van der Waals surface area (Å²) < 4.78 is 0. The summed E-state index contributed by atoms with van der Waals surface area (Å²) in [5.74, 6) is 0.873. The van der Waals surface area contributed by atoms with Gasteiger partial charge in [0.2, 0.25) is 0 Å². The zero-order valence-electron chi connectivity index (χ0n) is 9.60. The summed E-state index contributed by atoms with van der Waals surface area (Å²) in [7, 11) is 0. The summed E-state index contributed by atoms with van der Waals surface area (Å²) >= 11 is 0. The molecule has 2 bridgehead atoms. The molecule has 1 aromatic carbocycles. The van der Waals surface area contributed by atoms with Crippen LogP contribution in [-0.2, 0) is 4.79 Å². The van der Waals surface area contributed by atoms with E-state index in [1.165, 1.54) is 5.56 Å². The van der Waals surface area contributed by atoms with Crippen LogP contribution in [0.15, 0.2) is 30.3 Å². The van der Waals surface area contributed by atoms with Crippen LogP contribution in [0.1, 0.15) is 31.4 Å². The molecule has 16 heavy (non-hydrogen) atoms. The molecule has 1 saturated carbocycles. The summed E-state index contributed by atoms with van der Waals surface area (Å²) in [4.78, 5) is 14.1. The lowest BCUT2D eigenvalue weighted by Crippen LogP contribution is -2.59. The van der Waals surface area contributed by atoms with Crippen molar-refractivity contribution in [3.05, 3.63) is 35.9 Å². The fourth-order valence-electron chi connectivity index (χ4n) is 3.02. The third kappa shape index (κ3) is 1.40. The van der Waals surface area contributed by atoms with E-state index in [9.17, 15) is 4.79 Å². The molecule has 1 aromatic rings. The van der Waals surface area contributed by atoms with Crippen molar-refractivity contribution in [2.24, 2.45) is 5.92 Å². The molecule has 1 aliphatic carbocycles. The Bertz CT molecular complexity index is 398. The van der Waals surface area contributed by atoms with Gasteiger partial charge < -0.3 is 0 Å². The van der Waals surface area contributed by atoms with Gasteiger partial charge >= 0.3 is 0 Å². The van der Waals surface area contributed by atoms with E-state index in [0.717, 1.165) is 19.4 Å². The number of piperidine rings is 2.